The van der Waals surface area contributed by atoms with Crippen molar-refractivity contribution in [1.82, 2.24) is 15.5 Å². The molecule has 2 fully saturated rings. The molecule has 4 heteroatoms. The summed E-state index contributed by atoms with van der Waals surface area (Å²) in [6.07, 6.45) is 5.43. The number of guanidine groups is 1. The van der Waals surface area contributed by atoms with E-state index in [1.165, 1.54) is 45.3 Å². The van der Waals surface area contributed by atoms with Gasteiger partial charge in [0.25, 0.3) is 0 Å². The number of likely N-dealkylation sites (tertiary alicyclic amines) is 1. The van der Waals surface area contributed by atoms with Crippen LogP contribution >= 0.6 is 0 Å². The van der Waals surface area contributed by atoms with E-state index < -0.39 is 0 Å². The highest BCUT2D eigenvalue weighted by atomic mass is 15.3. The molecule has 0 bridgehead atoms. The molecule has 0 radical (unpaired) electrons. The Labute approximate surface area is 97.5 Å². The van der Waals surface area contributed by atoms with Gasteiger partial charge in [-0.25, -0.2) is 0 Å². The molecule has 16 heavy (non-hydrogen) atoms. The largest absolute Gasteiger partial charge is 0.354 e. The van der Waals surface area contributed by atoms with Gasteiger partial charge in [0.1, 0.15) is 0 Å². The van der Waals surface area contributed by atoms with Crippen molar-refractivity contribution in [3.05, 3.63) is 0 Å². The number of nitrogens with one attached hydrogen (secondary N) is 2. The van der Waals surface area contributed by atoms with Crippen molar-refractivity contribution in [2.45, 2.75) is 31.7 Å². The predicted octanol–water partition coefficient (Wildman–Crippen LogP) is 0.410. The van der Waals surface area contributed by atoms with Crippen LogP contribution in [-0.4, -0.2) is 49.6 Å². The zero-order chi connectivity index (χ0) is 10.8. The van der Waals surface area contributed by atoms with E-state index in [1.54, 1.807) is 0 Å². The fourth-order valence-corrected chi connectivity index (χ4v) is 3.22. The first-order valence-electron chi connectivity index (χ1n) is 6.70. The first kappa shape index (κ1) is 10.4. The molecule has 3 aliphatic heterocycles. The minimum Gasteiger partial charge on any atom is -0.354 e. The van der Waals surface area contributed by atoms with E-state index in [-0.39, 0.29) is 0 Å². The van der Waals surface area contributed by atoms with Gasteiger partial charge < -0.3 is 15.5 Å². The number of hydrogen-bond donors (Lipinski definition) is 2. The van der Waals surface area contributed by atoms with Gasteiger partial charge in [0.05, 0.1) is 6.54 Å². The zero-order valence-corrected chi connectivity index (χ0v) is 9.91. The summed E-state index contributed by atoms with van der Waals surface area (Å²) >= 11 is 0. The lowest BCUT2D eigenvalue weighted by Crippen LogP contribution is -2.46. The number of hydrogen-bond acceptors (Lipinski definition) is 4. The topological polar surface area (TPSA) is 39.7 Å². The Hall–Kier alpha value is -0.770. The average molecular weight is 222 g/mol. The molecule has 1 unspecified atom stereocenters. The average Bonchev–Trinajstić information content (AvgIpc) is 3.03. The molecule has 0 aromatic carbocycles. The molecule has 0 amide bonds. The lowest BCUT2D eigenvalue weighted by molar-refractivity contribution is 0.224. The van der Waals surface area contributed by atoms with Crippen LogP contribution in [0.2, 0.25) is 0 Å². The SMILES string of the molecule is C1CNC(C2CCN(C3=NCCN3)CC2)C1. The summed E-state index contributed by atoms with van der Waals surface area (Å²) in [4.78, 5) is 6.93. The van der Waals surface area contributed by atoms with Gasteiger partial charge in [-0.15, -0.1) is 0 Å². The lowest BCUT2D eigenvalue weighted by Gasteiger charge is -2.35. The van der Waals surface area contributed by atoms with Crippen LogP contribution in [0.4, 0.5) is 0 Å². The normalized spacial score (nSPS) is 31.6. The van der Waals surface area contributed by atoms with Gasteiger partial charge in [0.2, 0.25) is 0 Å². The molecule has 90 valence electrons. The molecule has 2 N–H and O–H groups in total. The third-order valence-electron chi connectivity index (χ3n) is 4.16. The van der Waals surface area contributed by atoms with Crippen LogP contribution < -0.4 is 10.6 Å². The van der Waals surface area contributed by atoms with Crippen molar-refractivity contribution < 1.29 is 0 Å². The van der Waals surface area contributed by atoms with Crippen molar-refractivity contribution in [2.75, 3.05) is 32.7 Å². The number of piperidine rings is 1. The number of aliphatic imine (C=N–C) groups is 1. The van der Waals surface area contributed by atoms with E-state index in [1.807, 2.05) is 0 Å². The summed E-state index contributed by atoms with van der Waals surface area (Å²) in [5.74, 6) is 2.05. The Balaban J connectivity index is 1.51. The molecule has 0 spiro atoms. The minimum atomic E-state index is 0.806. The van der Waals surface area contributed by atoms with Crippen LogP contribution in [0.15, 0.2) is 4.99 Å². The Bertz CT molecular complexity index is 262. The Morgan fingerprint density at radius 1 is 1.12 bits per heavy atom. The second kappa shape index (κ2) is 4.62. The Morgan fingerprint density at radius 3 is 2.62 bits per heavy atom. The molecule has 3 heterocycles. The first-order chi connectivity index (χ1) is 7.93. The summed E-state index contributed by atoms with van der Waals surface area (Å²) in [5, 5.41) is 7.02. The quantitative estimate of drug-likeness (QED) is 0.675. The smallest absolute Gasteiger partial charge is 0.194 e. The highest BCUT2D eigenvalue weighted by molar-refractivity contribution is 5.81. The maximum atomic E-state index is 4.50. The summed E-state index contributed by atoms with van der Waals surface area (Å²) in [6, 6.07) is 0.806. The molecule has 3 aliphatic rings. The highest BCUT2D eigenvalue weighted by Gasteiger charge is 2.29. The molecule has 0 saturated carbocycles. The summed E-state index contributed by atoms with van der Waals surface area (Å²) in [7, 11) is 0. The van der Waals surface area contributed by atoms with Crippen LogP contribution in [0.25, 0.3) is 0 Å². The van der Waals surface area contributed by atoms with E-state index >= 15 is 0 Å². The van der Waals surface area contributed by atoms with Gasteiger partial charge in [-0.05, 0) is 38.1 Å². The highest BCUT2D eigenvalue weighted by Crippen LogP contribution is 2.25. The molecule has 3 rings (SSSR count). The minimum absolute atomic E-state index is 0.806. The van der Waals surface area contributed by atoms with Gasteiger partial charge in [-0.3, -0.25) is 4.99 Å². The molecular weight excluding hydrogens is 200 g/mol. The molecule has 0 aromatic heterocycles. The fourth-order valence-electron chi connectivity index (χ4n) is 3.22. The monoisotopic (exact) mass is 222 g/mol. The molecule has 4 nitrogen and oxygen atoms in total. The maximum absolute atomic E-state index is 4.50. The number of nitrogens with zero attached hydrogens (tertiary/aromatic N) is 2. The van der Waals surface area contributed by atoms with Crippen molar-refractivity contribution in [1.29, 1.82) is 0 Å². The van der Waals surface area contributed by atoms with Crippen LogP contribution in [-0.2, 0) is 0 Å². The molecule has 0 aliphatic carbocycles. The first-order valence-corrected chi connectivity index (χ1v) is 6.70. The van der Waals surface area contributed by atoms with Gasteiger partial charge in [0, 0.05) is 25.7 Å². The van der Waals surface area contributed by atoms with Crippen molar-refractivity contribution in [2.24, 2.45) is 10.9 Å². The van der Waals surface area contributed by atoms with Crippen LogP contribution in [0, 0.1) is 5.92 Å². The fraction of sp³-hybridized carbons (Fsp3) is 0.917. The lowest BCUT2D eigenvalue weighted by atomic mass is 9.89. The van der Waals surface area contributed by atoms with Crippen molar-refractivity contribution in [3.63, 3.8) is 0 Å². The van der Waals surface area contributed by atoms with Crippen LogP contribution in [0.5, 0.6) is 0 Å². The van der Waals surface area contributed by atoms with Crippen LogP contribution in [0.1, 0.15) is 25.7 Å². The van der Waals surface area contributed by atoms with Crippen molar-refractivity contribution >= 4 is 5.96 Å². The summed E-state index contributed by atoms with van der Waals surface area (Å²) in [5.41, 5.74) is 0. The van der Waals surface area contributed by atoms with E-state index in [0.29, 0.717) is 0 Å². The Morgan fingerprint density at radius 2 is 2.00 bits per heavy atom. The van der Waals surface area contributed by atoms with Gasteiger partial charge in [-0.1, -0.05) is 0 Å². The second-order valence-corrected chi connectivity index (χ2v) is 5.16. The van der Waals surface area contributed by atoms with E-state index in [2.05, 4.69) is 20.5 Å². The molecule has 0 aromatic rings. The van der Waals surface area contributed by atoms with E-state index in [9.17, 15) is 0 Å². The van der Waals surface area contributed by atoms with Gasteiger partial charge in [-0.2, -0.15) is 0 Å². The molecule has 2 saturated heterocycles. The Kier molecular flexibility index (Phi) is 3.00. The van der Waals surface area contributed by atoms with Crippen molar-refractivity contribution in [3.8, 4) is 0 Å². The third-order valence-corrected chi connectivity index (χ3v) is 4.16. The van der Waals surface area contributed by atoms with Gasteiger partial charge in [0.15, 0.2) is 5.96 Å². The second-order valence-electron chi connectivity index (χ2n) is 5.16. The molecule has 1 atom stereocenters. The standard InChI is InChI=1S/C12H22N4/c1-2-11(13-5-1)10-3-8-16(9-4-10)12-14-6-7-15-12/h10-11,13H,1-9H2,(H,14,15). The molecular formula is C12H22N4. The van der Waals surface area contributed by atoms with Gasteiger partial charge >= 0.3 is 0 Å². The predicted molar refractivity (Wildman–Crippen MR) is 65.6 cm³/mol. The van der Waals surface area contributed by atoms with Crippen LogP contribution in [0.3, 0.4) is 0 Å². The van der Waals surface area contributed by atoms with E-state index in [0.717, 1.165) is 31.0 Å². The maximum Gasteiger partial charge on any atom is 0.194 e. The zero-order valence-electron chi connectivity index (χ0n) is 9.91. The summed E-state index contributed by atoms with van der Waals surface area (Å²) in [6.45, 7) is 5.60. The number of rotatable bonds is 1. The third kappa shape index (κ3) is 2.03. The van der Waals surface area contributed by atoms with E-state index in [4.69, 9.17) is 0 Å². The summed E-state index contributed by atoms with van der Waals surface area (Å²) < 4.78 is 0.